The van der Waals surface area contributed by atoms with Crippen LogP contribution in [0.2, 0.25) is 10.0 Å². The van der Waals surface area contributed by atoms with Crippen molar-refractivity contribution in [1.82, 2.24) is 5.32 Å². The highest BCUT2D eigenvalue weighted by atomic mass is 35.5. The van der Waals surface area contributed by atoms with Gasteiger partial charge in [-0.05, 0) is 54.2 Å². The number of nitro groups is 2. The van der Waals surface area contributed by atoms with Crippen molar-refractivity contribution in [2.75, 3.05) is 12.0 Å². The fourth-order valence-corrected chi connectivity index (χ4v) is 4.19. The zero-order valence-corrected chi connectivity index (χ0v) is 21.9. The van der Waals surface area contributed by atoms with Crippen molar-refractivity contribution in [3.63, 3.8) is 0 Å². The van der Waals surface area contributed by atoms with E-state index in [1.807, 2.05) is 0 Å². The number of benzene rings is 3. The number of rotatable bonds is 7. The molecule has 0 unspecified atom stereocenters. The molecule has 0 spiro atoms. The van der Waals surface area contributed by atoms with Crippen LogP contribution >= 0.6 is 35.4 Å². The molecule has 0 aromatic heterocycles. The molecule has 1 heterocycles. The van der Waals surface area contributed by atoms with Crippen LogP contribution in [0.1, 0.15) is 5.56 Å². The summed E-state index contributed by atoms with van der Waals surface area (Å²) < 4.78 is 10.9. The lowest BCUT2D eigenvalue weighted by Crippen LogP contribution is -2.54. The van der Waals surface area contributed by atoms with Gasteiger partial charge in [-0.3, -0.25) is 40.0 Å². The highest BCUT2D eigenvalue weighted by Gasteiger charge is 2.35. The summed E-state index contributed by atoms with van der Waals surface area (Å²) in [5, 5.41) is 24.9. The van der Waals surface area contributed by atoms with Crippen molar-refractivity contribution in [3.05, 3.63) is 96.0 Å². The van der Waals surface area contributed by atoms with E-state index < -0.39 is 33.0 Å². The number of carbonyl (C=O) groups excluding carboxylic acids is 2. The first-order valence-corrected chi connectivity index (χ1v) is 11.8. The van der Waals surface area contributed by atoms with E-state index in [9.17, 15) is 29.8 Å². The Morgan fingerprint density at radius 1 is 0.974 bits per heavy atom. The lowest BCUT2D eigenvalue weighted by Gasteiger charge is -2.29. The largest absolute Gasteiger partial charge is 0.493 e. The minimum atomic E-state index is -0.816. The number of nitrogens with zero attached hydrogens (tertiary/aromatic N) is 3. The normalized spacial score (nSPS) is 14.3. The summed E-state index contributed by atoms with van der Waals surface area (Å²) >= 11 is 17.5. The summed E-state index contributed by atoms with van der Waals surface area (Å²) in [5.41, 5.74) is -0.873. The van der Waals surface area contributed by atoms with Crippen LogP contribution in [0.25, 0.3) is 6.08 Å². The fourth-order valence-electron chi connectivity index (χ4n) is 3.53. The van der Waals surface area contributed by atoms with Gasteiger partial charge in [0.1, 0.15) is 5.57 Å². The second-order valence-corrected chi connectivity index (χ2v) is 8.88. The molecule has 12 nitrogen and oxygen atoms in total. The predicted molar refractivity (Wildman–Crippen MR) is 145 cm³/mol. The van der Waals surface area contributed by atoms with Crippen molar-refractivity contribution in [3.8, 4) is 17.2 Å². The van der Waals surface area contributed by atoms with Crippen LogP contribution in [0.15, 0.2) is 60.2 Å². The molecule has 15 heteroatoms. The summed E-state index contributed by atoms with van der Waals surface area (Å²) in [6.45, 7) is 0. The molecule has 1 saturated heterocycles. The first-order chi connectivity index (χ1) is 18.5. The van der Waals surface area contributed by atoms with E-state index in [1.54, 1.807) is 6.07 Å². The molecule has 0 saturated carbocycles. The second kappa shape index (κ2) is 11.0. The first-order valence-electron chi connectivity index (χ1n) is 10.7. The quantitative estimate of drug-likeness (QED) is 0.125. The number of amides is 2. The van der Waals surface area contributed by atoms with Gasteiger partial charge in [-0.25, -0.2) is 0 Å². The molecule has 4 rings (SSSR count). The van der Waals surface area contributed by atoms with Crippen LogP contribution in [-0.2, 0) is 9.59 Å². The van der Waals surface area contributed by atoms with Crippen LogP contribution < -0.4 is 19.7 Å². The van der Waals surface area contributed by atoms with E-state index in [-0.39, 0.29) is 43.7 Å². The average molecular weight is 589 g/mol. The monoisotopic (exact) mass is 588 g/mol. The molecule has 3 aromatic rings. The minimum Gasteiger partial charge on any atom is -0.493 e. The molecule has 1 N–H and O–H groups in total. The molecule has 1 aliphatic heterocycles. The van der Waals surface area contributed by atoms with E-state index in [0.717, 1.165) is 23.1 Å². The molecule has 3 aromatic carbocycles. The minimum absolute atomic E-state index is 0.0320. The van der Waals surface area contributed by atoms with Gasteiger partial charge in [0.15, 0.2) is 16.6 Å². The Morgan fingerprint density at radius 3 is 2.36 bits per heavy atom. The van der Waals surface area contributed by atoms with Crippen LogP contribution in [0.5, 0.6) is 17.2 Å². The number of nitro benzene ring substituents is 2. The number of halogens is 2. The zero-order chi connectivity index (χ0) is 28.4. The third kappa shape index (κ3) is 5.50. The average Bonchev–Trinajstić information content (AvgIpc) is 2.89. The summed E-state index contributed by atoms with van der Waals surface area (Å²) in [6, 6.07) is 11.8. The van der Waals surface area contributed by atoms with E-state index in [2.05, 4.69) is 5.32 Å². The van der Waals surface area contributed by atoms with Gasteiger partial charge in [0.25, 0.3) is 17.5 Å². The maximum absolute atomic E-state index is 13.3. The maximum atomic E-state index is 13.3. The molecular formula is C24H14Cl2N4O8S. The first kappa shape index (κ1) is 27.4. The lowest BCUT2D eigenvalue weighted by molar-refractivity contribution is -0.394. The van der Waals surface area contributed by atoms with Crippen LogP contribution in [0.3, 0.4) is 0 Å². The Morgan fingerprint density at radius 2 is 1.69 bits per heavy atom. The molecule has 1 aliphatic rings. The highest BCUT2D eigenvalue weighted by Crippen LogP contribution is 2.39. The second-order valence-electron chi connectivity index (χ2n) is 7.71. The van der Waals surface area contributed by atoms with Gasteiger partial charge >= 0.3 is 5.69 Å². The smallest absolute Gasteiger partial charge is 0.318 e. The molecule has 0 bridgehead atoms. The van der Waals surface area contributed by atoms with Gasteiger partial charge < -0.3 is 9.47 Å². The third-order valence-electron chi connectivity index (χ3n) is 5.34. The van der Waals surface area contributed by atoms with Crippen molar-refractivity contribution in [2.45, 2.75) is 0 Å². The molecule has 0 aliphatic carbocycles. The van der Waals surface area contributed by atoms with Crippen molar-refractivity contribution >= 4 is 75.5 Å². The maximum Gasteiger partial charge on any atom is 0.318 e. The number of hydrogen-bond acceptors (Lipinski definition) is 9. The number of thiocarbonyl (C=S) groups is 1. The van der Waals surface area contributed by atoms with Gasteiger partial charge in [-0.2, -0.15) is 0 Å². The SMILES string of the molecule is COc1cc(/C=C2\C(=O)NC(=S)N(c3cccc(Cl)c3Cl)C2=O)ccc1Oc1ccc([N+](=O)[O-])cc1[N+](=O)[O-]. The van der Waals surface area contributed by atoms with Gasteiger partial charge in [0, 0.05) is 6.07 Å². The molecule has 198 valence electrons. The fraction of sp³-hybridized carbons (Fsp3) is 0.0417. The summed E-state index contributed by atoms with van der Waals surface area (Å²) in [7, 11) is 1.31. The van der Waals surface area contributed by atoms with E-state index in [0.29, 0.717) is 5.56 Å². The van der Waals surface area contributed by atoms with Crippen molar-refractivity contribution < 1.29 is 28.9 Å². The molecule has 2 amide bonds. The van der Waals surface area contributed by atoms with E-state index in [4.69, 9.17) is 44.9 Å². The molecule has 39 heavy (non-hydrogen) atoms. The molecule has 0 radical (unpaired) electrons. The Balaban J connectivity index is 1.69. The Kier molecular flexibility index (Phi) is 7.76. The Bertz CT molecular complexity index is 1610. The number of carbonyl (C=O) groups is 2. The van der Waals surface area contributed by atoms with Crippen LogP contribution in [0, 0.1) is 20.2 Å². The number of non-ortho nitro benzene ring substituents is 1. The lowest BCUT2D eigenvalue weighted by atomic mass is 10.1. The topological polar surface area (TPSA) is 154 Å². The Hall–Kier alpha value is -4.59. The predicted octanol–water partition coefficient (Wildman–Crippen LogP) is 5.44. The molecule has 1 fully saturated rings. The summed E-state index contributed by atoms with van der Waals surface area (Å²) in [6.07, 6.45) is 1.28. The zero-order valence-electron chi connectivity index (χ0n) is 19.5. The van der Waals surface area contributed by atoms with Crippen LogP contribution in [0.4, 0.5) is 17.1 Å². The van der Waals surface area contributed by atoms with Gasteiger partial charge in [0.2, 0.25) is 5.75 Å². The standard InChI is InChI=1S/C24H14Cl2N4O8S/c1-37-20-10-12(5-7-19(20)38-18-8-6-13(29(33)34)11-17(18)30(35)36)9-14-22(31)27-24(39)28(23(14)32)16-4-2-3-15(25)21(16)26/h2-11H,1H3,(H,27,31,39)/b14-9+. The number of hydrogen-bond donors (Lipinski definition) is 1. The number of methoxy groups -OCH3 is 1. The van der Waals surface area contributed by atoms with E-state index >= 15 is 0 Å². The van der Waals surface area contributed by atoms with Crippen molar-refractivity contribution in [1.29, 1.82) is 0 Å². The van der Waals surface area contributed by atoms with Crippen LogP contribution in [-0.4, -0.2) is 33.9 Å². The molecular weight excluding hydrogens is 575 g/mol. The number of anilines is 1. The van der Waals surface area contributed by atoms with Gasteiger partial charge in [-0.1, -0.05) is 35.3 Å². The number of ether oxygens (including phenoxy) is 2. The van der Waals surface area contributed by atoms with Gasteiger partial charge in [-0.15, -0.1) is 0 Å². The molecule has 0 atom stereocenters. The van der Waals surface area contributed by atoms with Crippen molar-refractivity contribution in [2.24, 2.45) is 0 Å². The van der Waals surface area contributed by atoms with E-state index in [1.165, 1.54) is 43.5 Å². The Labute approximate surface area is 234 Å². The summed E-state index contributed by atoms with van der Waals surface area (Å²) in [5.74, 6) is -1.65. The summed E-state index contributed by atoms with van der Waals surface area (Å²) in [4.78, 5) is 47.8. The number of nitrogens with one attached hydrogen (secondary N) is 1. The third-order valence-corrected chi connectivity index (χ3v) is 6.44. The van der Waals surface area contributed by atoms with Gasteiger partial charge in [0.05, 0.1) is 38.8 Å². The highest BCUT2D eigenvalue weighted by molar-refractivity contribution is 7.80.